The number of piperidine rings is 1. The van der Waals surface area contributed by atoms with E-state index in [1.165, 1.54) is 18.5 Å². The van der Waals surface area contributed by atoms with E-state index in [1.807, 2.05) is 0 Å². The Kier molecular flexibility index (Phi) is 6.00. The molecule has 0 spiro atoms. The van der Waals surface area contributed by atoms with Crippen molar-refractivity contribution in [3.8, 4) is 11.3 Å². The highest BCUT2D eigenvalue weighted by Crippen LogP contribution is 2.35. The number of halogens is 4. The highest BCUT2D eigenvalue weighted by Gasteiger charge is 2.40. The Balaban J connectivity index is 1.68. The molecular weight excluding hydrogens is 446 g/mol. The van der Waals surface area contributed by atoms with Crippen molar-refractivity contribution < 1.29 is 37.0 Å². The predicted molar refractivity (Wildman–Crippen MR) is 110 cm³/mol. The first kappa shape index (κ1) is 23.0. The van der Waals surface area contributed by atoms with Crippen LogP contribution >= 0.6 is 0 Å². The van der Waals surface area contributed by atoms with Crippen LogP contribution in [0.15, 0.2) is 35.1 Å². The fourth-order valence-corrected chi connectivity index (χ4v) is 3.91. The van der Waals surface area contributed by atoms with Gasteiger partial charge in [-0.1, -0.05) is 0 Å². The number of nitrogens with zero attached hydrogens (tertiary/aromatic N) is 3. The van der Waals surface area contributed by atoms with Gasteiger partial charge in [0.05, 0.1) is 12.0 Å². The van der Waals surface area contributed by atoms with Crippen molar-refractivity contribution >= 4 is 22.8 Å². The first-order valence-corrected chi connectivity index (χ1v) is 10.4. The summed E-state index contributed by atoms with van der Waals surface area (Å²) in [6, 6.07) is 4.49. The highest BCUT2D eigenvalue weighted by molar-refractivity contribution is 5.86. The zero-order chi connectivity index (χ0) is 23.8. The number of carbonyl (C=O) groups is 1. The summed E-state index contributed by atoms with van der Waals surface area (Å²) >= 11 is 0. The van der Waals surface area contributed by atoms with Crippen molar-refractivity contribution in [3.63, 3.8) is 0 Å². The molecular formula is C22H21F4N3O4. The smallest absolute Gasteiger partial charge is 0.389 e. The molecule has 1 aliphatic heterocycles. The van der Waals surface area contributed by atoms with Crippen LogP contribution < -0.4 is 4.90 Å². The van der Waals surface area contributed by atoms with Gasteiger partial charge in [0.1, 0.15) is 5.69 Å². The number of aliphatic carboxylic acids is 1. The Hall–Kier alpha value is -3.21. The van der Waals surface area contributed by atoms with Crippen LogP contribution in [-0.2, 0) is 11.2 Å². The predicted octanol–water partition coefficient (Wildman–Crippen LogP) is 4.33. The minimum Gasteiger partial charge on any atom is -0.479 e. The Morgan fingerprint density at radius 2 is 1.97 bits per heavy atom. The molecule has 4 rings (SSSR count). The number of carboxylic acids is 1. The lowest BCUT2D eigenvalue weighted by atomic mass is 9.91. The number of alkyl halides is 3. The maximum Gasteiger partial charge on any atom is 0.389 e. The zero-order valence-electron chi connectivity index (χ0n) is 17.4. The maximum atomic E-state index is 14.5. The van der Waals surface area contributed by atoms with Crippen LogP contribution in [0.25, 0.3) is 22.2 Å². The lowest BCUT2D eigenvalue weighted by molar-refractivity contribution is -0.160. The number of hydrogen-bond acceptors (Lipinski definition) is 6. The van der Waals surface area contributed by atoms with Crippen molar-refractivity contribution in [1.82, 2.24) is 9.97 Å². The van der Waals surface area contributed by atoms with Crippen LogP contribution in [0.4, 0.5) is 23.4 Å². The highest BCUT2D eigenvalue weighted by atomic mass is 19.4. The number of benzene rings is 1. The van der Waals surface area contributed by atoms with Crippen molar-refractivity contribution in [1.29, 1.82) is 0 Å². The first-order chi connectivity index (χ1) is 15.6. The van der Waals surface area contributed by atoms with Crippen molar-refractivity contribution in [2.24, 2.45) is 0 Å². The molecule has 0 unspecified atom stereocenters. The van der Waals surface area contributed by atoms with E-state index >= 15 is 0 Å². The van der Waals surface area contributed by atoms with Gasteiger partial charge in [-0.25, -0.2) is 14.2 Å². The van der Waals surface area contributed by atoms with Crippen LogP contribution in [0.2, 0.25) is 0 Å². The van der Waals surface area contributed by atoms with E-state index in [1.54, 1.807) is 17.0 Å². The summed E-state index contributed by atoms with van der Waals surface area (Å²) in [5, 5.41) is 20.0. The number of anilines is 1. The van der Waals surface area contributed by atoms with Gasteiger partial charge in [0, 0.05) is 49.5 Å². The molecule has 3 aromatic rings. The summed E-state index contributed by atoms with van der Waals surface area (Å²) in [6.07, 6.45) is -2.78. The maximum absolute atomic E-state index is 14.5. The first-order valence-electron chi connectivity index (χ1n) is 10.4. The molecule has 33 heavy (non-hydrogen) atoms. The molecule has 0 radical (unpaired) electrons. The molecule has 3 heterocycles. The fourth-order valence-electron chi connectivity index (χ4n) is 3.91. The van der Waals surface area contributed by atoms with E-state index in [9.17, 15) is 32.6 Å². The molecule has 7 nitrogen and oxygen atoms in total. The third kappa shape index (κ3) is 4.92. The normalized spacial score (nSPS) is 16.3. The number of furan rings is 1. The Labute approximate surface area is 185 Å². The minimum atomic E-state index is -4.28. The number of hydrogen-bond donors (Lipinski definition) is 2. The van der Waals surface area contributed by atoms with Gasteiger partial charge in [0.25, 0.3) is 0 Å². The van der Waals surface area contributed by atoms with Gasteiger partial charge in [0.2, 0.25) is 0 Å². The van der Waals surface area contributed by atoms with Crippen LogP contribution in [0.5, 0.6) is 0 Å². The van der Waals surface area contributed by atoms with Gasteiger partial charge in [0.15, 0.2) is 22.8 Å². The summed E-state index contributed by atoms with van der Waals surface area (Å²) in [6.45, 7) is 0.264. The molecule has 0 amide bonds. The van der Waals surface area contributed by atoms with Crippen molar-refractivity contribution in [3.05, 3.63) is 42.2 Å². The fraction of sp³-hybridized carbons (Fsp3) is 0.409. The summed E-state index contributed by atoms with van der Waals surface area (Å²) < 4.78 is 57.2. The number of fused-ring (bicyclic) bond motifs is 1. The Morgan fingerprint density at radius 1 is 1.24 bits per heavy atom. The van der Waals surface area contributed by atoms with Gasteiger partial charge in [-0.05, 0) is 31.0 Å². The van der Waals surface area contributed by atoms with Crippen molar-refractivity contribution in [2.75, 3.05) is 18.0 Å². The Morgan fingerprint density at radius 3 is 2.64 bits per heavy atom. The number of carboxylic acid groups (broad SMARTS) is 1. The van der Waals surface area contributed by atoms with Gasteiger partial charge in [-0.15, -0.1) is 0 Å². The second kappa shape index (κ2) is 8.62. The van der Waals surface area contributed by atoms with Gasteiger partial charge in [-0.3, -0.25) is 4.98 Å². The average Bonchev–Trinajstić information content (AvgIpc) is 3.23. The summed E-state index contributed by atoms with van der Waals surface area (Å²) in [7, 11) is 0. The average molecular weight is 467 g/mol. The van der Waals surface area contributed by atoms with E-state index in [2.05, 4.69) is 9.97 Å². The lowest BCUT2D eigenvalue weighted by Gasteiger charge is -2.36. The third-order valence-corrected chi connectivity index (χ3v) is 5.76. The second-order valence-corrected chi connectivity index (χ2v) is 8.12. The number of aliphatic hydroxyl groups is 1. The minimum absolute atomic E-state index is 0.0435. The number of aryl methyl sites for hydroxylation is 1. The molecule has 1 aromatic carbocycles. The molecule has 1 fully saturated rings. The van der Waals surface area contributed by atoms with Crippen LogP contribution in [0.1, 0.15) is 31.4 Å². The monoisotopic (exact) mass is 467 g/mol. The van der Waals surface area contributed by atoms with Crippen LogP contribution in [0.3, 0.4) is 0 Å². The molecule has 11 heteroatoms. The molecule has 0 aliphatic carbocycles. The molecule has 0 atom stereocenters. The largest absolute Gasteiger partial charge is 0.479 e. The van der Waals surface area contributed by atoms with E-state index in [4.69, 9.17) is 4.42 Å². The second-order valence-electron chi connectivity index (χ2n) is 8.12. The van der Waals surface area contributed by atoms with E-state index in [-0.39, 0.29) is 44.4 Å². The molecule has 0 saturated carbocycles. The van der Waals surface area contributed by atoms with Crippen molar-refractivity contribution in [2.45, 2.75) is 43.9 Å². The zero-order valence-corrected chi connectivity index (χ0v) is 17.4. The standard InChI is InChI=1S/C22H21F4N3O4/c23-16-11-14(10-13-3-9-33-18(13)16)17-19(29-7-5-21(32,6-8-29)20(30)31)28-15(12-27-17)2-1-4-22(24,25)26/h3,9-12,32H,1-2,4-8H2,(H,30,31). The van der Waals surface area contributed by atoms with E-state index in [0.29, 0.717) is 28.2 Å². The van der Waals surface area contributed by atoms with Crippen LogP contribution in [-0.4, -0.2) is 51.0 Å². The molecule has 0 bridgehead atoms. The lowest BCUT2D eigenvalue weighted by Crippen LogP contribution is -2.49. The number of aromatic nitrogens is 2. The quantitative estimate of drug-likeness (QED) is 0.521. The summed E-state index contributed by atoms with van der Waals surface area (Å²) in [4.78, 5) is 22.0. The van der Waals surface area contributed by atoms with E-state index < -0.39 is 30.0 Å². The van der Waals surface area contributed by atoms with Gasteiger partial charge >= 0.3 is 12.1 Å². The topological polar surface area (TPSA) is 99.7 Å². The molecule has 1 saturated heterocycles. The number of rotatable bonds is 6. The summed E-state index contributed by atoms with van der Waals surface area (Å²) in [5.41, 5.74) is -0.749. The Bertz CT molecular complexity index is 1170. The summed E-state index contributed by atoms with van der Waals surface area (Å²) in [5.74, 6) is -1.62. The van der Waals surface area contributed by atoms with Gasteiger partial charge in [-0.2, -0.15) is 13.2 Å². The molecule has 2 aromatic heterocycles. The molecule has 1 aliphatic rings. The van der Waals surface area contributed by atoms with E-state index in [0.717, 1.165) is 0 Å². The van der Waals surface area contributed by atoms with Gasteiger partial charge < -0.3 is 19.5 Å². The molecule has 176 valence electrons. The SMILES string of the molecule is O=C(O)C1(O)CCN(c2nc(CCCC(F)(F)F)cnc2-c2cc(F)c3occc3c2)CC1. The van der Waals surface area contributed by atoms with Crippen LogP contribution in [0, 0.1) is 5.82 Å². The third-order valence-electron chi connectivity index (χ3n) is 5.76. The molecule has 2 N–H and O–H groups in total.